The number of nitrogens with two attached hydrogens (primary N) is 3. The highest BCUT2D eigenvalue weighted by Crippen LogP contribution is 2.38. The Morgan fingerprint density at radius 2 is 1.02 bits per heavy atom. The number of alkyl halides is 15. The summed E-state index contributed by atoms with van der Waals surface area (Å²) in [6.45, 7) is 9.84. The number of fused-ring (bicyclic) bond motifs is 2. The largest absolute Gasteiger partial charge is 0.490 e. The smallest absolute Gasteiger partial charge is 0.475 e. The van der Waals surface area contributed by atoms with Crippen molar-refractivity contribution in [1.29, 1.82) is 0 Å². The molecule has 0 aliphatic carbocycles. The number of halogens is 15. The monoisotopic (exact) mass is 1490 g/mol. The first-order valence-corrected chi connectivity index (χ1v) is 29.1. The number of benzene rings is 2. The van der Waals surface area contributed by atoms with Gasteiger partial charge in [0, 0.05) is 84.8 Å². The maximum Gasteiger partial charge on any atom is 0.490 e. The van der Waals surface area contributed by atoms with E-state index in [-0.39, 0.29) is 42.7 Å². The number of piperazine rings is 1. The standard InChI is InChI=1S/C45H68N14O7.5C2HF3O2/c1-30(41(63)55-44(66)36(11-7-18-46)52-31(2)60)51-43(65)35(12-8-19-50-45(47)48)49-20-24-57-27-25-56(26-28-57)23-17-39(61)53-32-15-21-58(22-16-32)29-40(62)59-37-13-5-3-9-33(37)42(64)54-34-10-4-6-14-38(34)59;5*3-2(4,5)1(6)7/h3-6,9-10,13-14,30,32,35-36,49H,7-8,11-12,15-29,46H2,1-2H3,(H,51,65)(H,52,60)(H,53,61)(H,54,64)(H4,47,48,50)(H,55,63,66);5*(H,6,7)/t30-,35-,36+;;;;;/m0...../s1. The van der Waals surface area contributed by atoms with E-state index in [1.165, 1.54) is 13.8 Å². The van der Waals surface area contributed by atoms with Crippen LogP contribution in [-0.2, 0) is 52.7 Å². The van der Waals surface area contributed by atoms with E-state index in [4.69, 9.17) is 66.7 Å². The van der Waals surface area contributed by atoms with Gasteiger partial charge in [0.05, 0.1) is 35.2 Å². The lowest BCUT2D eigenvalue weighted by molar-refractivity contribution is -0.193. The normalized spacial score (nSPS) is 15.1. The molecule has 2 aromatic rings. The summed E-state index contributed by atoms with van der Waals surface area (Å²) in [5.74, 6) is -16.4. The fraction of sp³-hybridized carbons (Fsp3) is 0.545. The van der Waals surface area contributed by atoms with E-state index in [9.17, 15) is 99.4 Å². The molecule has 3 aliphatic rings. The molecule has 2 aromatic carbocycles. The molecule has 0 saturated carbocycles. The van der Waals surface area contributed by atoms with Gasteiger partial charge in [0.25, 0.3) is 5.91 Å². The topological polar surface area (TPSA) is 482 Å². The number of nitrogens with zero attached hydrogens (tertiary/aromatic N) is 5. The van der Waals surface area contributed by atoms with E-state index in [0.29, 0.717) is 94.1 Å². The third-order valence-corrected chi connectivity index (χ3v) is 13.1. The van der Waals surface area contributed by atoms with Crippen LogP contribution in [0.4, 0.5) is 82.9 Å². The van der Waals surface area contributed by atoms with Crippen molar-refractivity contribution in [3.63, 3.8) is 0 Å². The summed E-state index contributed by atoms with van der Waals surface area (Å²) < 4.78 is 159. The maximum atomic E-state index is 13.9. The van der Waals surface area contributed by atoms with Gasteiger partial charge in [-0.2, -0.15) is 65.9 Å². The lowest BCUT2D eigenvalue weighted by atomic mass is 10.0. The molecule has 3 atom stereocenters. The van der Waals surface area contributed by atoms with Gasteiger partial charge in [0.1, 0.15) is 12.1 Å². The Morgan fingerprint density at radius 1 is 0.584 bits per heavy atom. The van der Waals surface area contributed by atoms with Crippen LogP contribution in [0.3, 0.4) is 0 Å². The summed E-state index contributed by atoms with van der Waals surface area (Å²) in [5.41, 5.74) is 18.7. The van der Waals surface area contributed by atoms with Crippen LogP contribution in [0.1, 0.15) is 69.2 Å². The fourth-order valence-corrected chi connectivity index (χ4v) is 8.28. The molecular weight excluding hydrogens is 1410 g/mol. The third-order valence-electron chi connectivity index (χ3n) is 13.1. The number of anilines is 3. The summed E-state index contributed by atoms with van der Waals surface area (Å²) in [6, 6.07) is 11.8. The van der Waals surface area contributed by atoms with Crippen molar-refractivity contribution in [2.75, 3.05) is 88.8 Å². The number of hydrogen-bond donors (Lipinski definition) is 14. The fourth-order valence-electron chi connectivity index (χ4n) is 8.28. The van der Waals surface area contributed by atoms with Crippen molar-refractivity contribution in [2.24, 2.45) is 22.2 Å². The molecule has 2 saturated heterocycles. The number of carboxylic acids is 5. The number of guanidine groups is 1. The zero-order chi connectivity index (χ0) is 78.0. The molecule has 46 heteroatoms. The summed E-state index contributed by atoms with van der Waals surface area (Å²) in [5, 5.41) is 52.6. The minimum Gasteiger partial charge on any atom is -0.475 e. The van der Waals surface area contributed by atoms with E-state index >= 15 is 0 Å². The number of carboxylic acid groups (broad SMARTS) is 5. The SMILES string of the molecule is CC(=O)N[C@H](CCCN)C(=O)NC(=O)[C@H](C)NC(=O)[C@H](CCCN=C(N)N)NCCN1CCN(CCC(=O)NC2CCN(CC(=O)N3c4ccccc4NC(=O)c4ccccc43)CC2)CC1.O=C(O)C(F)(F)F.O=C(O)C(F)(F)F.O=C(O)C(F)(F)F.O=C(O)C(F)(F)F.O=C(O)C(F)(F)F. The molecule has 3 heterocycles. The number of rotatable bonds is 22. The second-order valence-corrected chi connectivity index (χ2v) is 21.0. The molecule has 570 valence electrons. The third kappa shape index (κ3) is 37.9. The number of carbonyl (C=O) groups excluding carboxylic acids is 7. The first-order chi connectivity index (χ1) is 46.4. The summed E-state index contributed by atoms with van der Waals surface area (Å²) >= 11 is 0. The zero-order valence-corrected chi connectivity index (χ0v) is 53.1. The average Bonchev–Trinajstić information content (AvgIpc) is 1.67. The molecule has 0 unspecified atom stereocenters. The highest BCUT2D eigenvalue weighted by molar-refractivity contribution is 6.18. The molecule has 31 nitrogen and oxygen atoms in total. The van der Waals surface area contributed by atoms with Gasteiger partial charge in [-0.1, -0.05) is 24.3 Å². The van der Waals surface area contributed by atoms with Gasteiger partial charge in [0.15, 0.2) is 5.96 Å². The molecule has 0 spiro atoms. The Kier molecular flexibility index (Phi) is 38.9. The van der Waals surface area contributed by atoms with Gasteiger partial charge in [-0.05, 0) is 76.3 Å². The van der Waals surface area contributed by atoms with Crippen LogP contribution >= 0.6 is 0 Å². The van der Waals surface area contributed by atoms with Gasteiger partial charge in [0.2, 0.25) is 35.4 Å². The number of carbonyl (C=O) groups is 12. The van der Waals surface area contributed by atoms with Crippen LogP contribution in [0.15, 0.2) is 53.5 Å². The Morgan fingerprint density at radius 3 is 1.47 bits per heavy atom. The molecule has 101 heavy (non-hydrogen) atoms. The predicted octanol–water partition coefficient (Wildman–Crippen LogP) is 2.07. The lowest BCUT2D eigenvalue weighted by Crippen LogP contribution is -2.55. The van der Waals surface area contributed by atoms with Crippen LogP contribution in [-0.4, -0.2) is 251 Å². The molecule has 2 fully saturated rings. The van der Waals surface area contributed by atoms with Gasteiger partial charge in [-0.25, -0.2) is 24.0 Å². The van der Waals surface area contributed by atoms with Crippen molar-refractivity contribution in [2.45, 2.75) is 114 Å². The lowest BCUT2D eigenvalue weighted by Gasteiger charge is -2.35. The first kappa shape index (κ1) is 91.3. The molecule has 0 aromatic heterocycles. The molecular formula is C55H73F15N14O17. The van der Waals surface area contributed by atoms with Gasteiger partial charge in [-0.15, -0.1) is 0 Å². The van der Waals surface area contributed by atoms with E-state index in [1.807, 2.05) is 24.3 Å². The van der Waals surface area contributed by atoms with Gasteiger partial charge < -0.3 is 74.2 Å². The number of aliphatic carboxylic acids is 5. The molecule has 3 aliphatic heterocycles. The van der Waals surface area contributed by atoms with Crippen LogP contribution in [0.25, 0.3) is 0 Å². The summed E-state index contributed by atoms with van der Waals surface area (Å²) in [4.78, 5) is 147. The Labute approximate surface area is 562 Å². The number of hydrogen-bond acceptors (Lipinski definition) is 18. The van der Waals surface area contributed by atoms with E-state index in [2.05, 4.69) is 51.6 Å². The number of amides is 7. The zero-order valence-electron chi connectivity index (χ0n) is 53.1. The van der Waals surface area contributed by atoms with Crippen molar-refractivity contribution < 1.29 is 149 Å². The van der Waals surface area contributed by atoms with E-state index in [0.717, 1.165) is 39.0 Å². The van der Waals surface area contributed by atoms with Crippen molar-refractivity contribution in [1.82, 2.24) is 41.3 Å². The van der Waals surface area contributed by atoms with Crippen LogP contribution in [0, 0.1) is 0 Å². The average molecular weight is 1490 g/mol. The van der Waals surface area contributed by atoms with Crippen LogP contribution < -0.4 is 54.0 Å². The quantitative estimate of drug-likeness (QED) is 0.0347. The van der Waals surface area contributed by atoms with Crippen molar-refractivity contribution in [3.05, 3.63) is 54.1 Å². The molecule has 5 rings (SSSR count). The second-order valence-electron chi connectivity index (χ2n) is 21.0. The van der Waals surface area contributed by atoms with E-state index < -0.39 is 102 Å². The highest BCUT2D eigenvalue weighted by Gasteiger charge is 2.41. The van der Waals surface area contributed by atoms with Crippen LogP contribution in [0.5, 0.6) is 0 Å². The number of aliphatic imine (C=N–C) groups is 1. The number of para-hydroxylation sites is 3. The number of likely N-dealkylation sites (tertiary alicyclic amines) is 1. The Bertz CT molecular complexity index is 2980. The Balaban J connectivity index is 0.00000232. The van der Waals surface area contributed by atoms with E-state index in [1.54, 1.807) is 29.2 Å². The predicted molar refractivity (Wildman–Crippen MR) is 320 cm³/mol. The molecule has 17 N–H and O–H groups in total. The Hall–Kier alpha value is -9.70. The molecule has 0 bridgehead atoms. The van der Waals surface area contributed by atoms with Gasteiger partial charge in [-0.3, -0.25) is 58.6 Å². The summed E-state index contributed by atoms with van der Waals surface area (Å²) in [7, 11) is 0. The maximum absolute atomic E-state index is 13.9. The first-order valence-electron chi connectivity index (χ1n) is 29.1. The number of imide groups is 1. The molecule has 0 radical (unpaired) electrons. The van der Waals surface area contributed by atoms with Crippen LogP contribution in [0.2, 0.25) is 0 Å². The second kappa shape index (κ2) is 43.1. The number of nitrogens with one attached hydrogen (secondary N) is 6. The minimum absolute atomic E-state index is 0.00496. The number of piperidine rings is 1. The highest BCUT2D eigenvalue weighted by atomic mass is 19.4. The minimum atomic E-state index is -5.08. The molecule has 7 amide bonds. The van der Waals surface area contributed by atoms with Crippen molar-refractivity contribution in [3.8, 4) is 0 Å². The van der Waals surface area contributed by atoms with Gasteiger partial charge >= 0.3 is 60.7 Å². The summed E-state index contributed by atoms with van der Waals surface area (Å²) in [6.07, 6.45) is -22.0. The van der Waals surface area contributed by atoms with Crippen molar-refractivity contribution >= 4 is 94.2 Å².